The molecular formula is C18H22ClNO. The Morgan fingerprint density at radius 3 is 2.48 bits per heavy atom. The SMILES string of the molecule is CCCNCc1cc(-c2ccc(OC)c(C)c2)ccc1Cl. The molecule has 0 fully saturated rings. The molecule has 0 saturated heterocycles. The van der Waals surface area contributed by atoms with Gasteiger partial charge in [0, 0.05) is 11.6 Å². The summed E-state index contributed by atoms with van der Waals surface area (Å²) >= 11 is 6.28. The van der Waals surface area contributed by atoms with Gasteiger partial charge in [-0.3, -0.25) is 0 Å². The van der Waals surface area contributed by atoms with Crippen molar-refractivity contribution in [2.45, 2.75) is 26.8 Å². The average Bonchev–Trinajstić information content (AvgIpc) is 2.49. The van der Waals surface area contributed by atoms with Gasteiger partial charge in [0.05, 0.1) is 7.11 Å². The van der Waals surface area contributed by atoms with Crippen LogP contribution in [0.4, 0.5) is 0 Å². The molecule has 0 spiro atoms. The van der Waals surface area contributed by atoms with E-state index in [1.54, 1.807) is 7.11 Å². The van der Waals surface area contributed by atoms with Crippen LogP contribution in [-0.4, -0.2) is 13.7 Å². The van der Waals surface area contributed by atoms with Gasteiger partial charge in [-0.1, -0.05) is 30.7 Å². The minimum atomic E-state index is 0.801. The average molecular weight is 304 g/mol. The van der Waals surface area contributed by atoms with Crippen molar-refractivity contribution in [2.75, 3.05) is 13.7 Å². The molecule has 112 valence electrons. The highest BCUT2D eigenvalue weighted by atomic mass is 35.5. The molecule has 2 nitrogen and oxygen atoms in total. The summed E-state index contributed by atoms with van der Waals surface area (Å²) in [7, 11) is 1.70. The van der Waals surface area contributed by atoms with Crippen molar-refractivity contribution in [1.29, 1.82) is 0 Å². The van der Waals surface area contributed by atoms with Crippen LogP contribution in [0.1, 0.15) is 24.5 Å². The van der Waals surface area contributed by atoms with E-state index in [9.17, 15) is 0 Å². The van der Waals surface area contributed by atoms with Gasteiger partial charge in [-0.05, 0) is 66.4 Å². The summed E-state index contributed by atoms with van der Waals surface area (Å²) in [4.78, 5) is 0. The maximum absolute atomic E-state index is 6.28. The maximum atomic E-state index is 6.28. The fraction of sp³-hybridized carbons (Fsp3) is 0.333. The van der Waals surface area contributed by atoms with Crippen molar-refractivity contribution in [3.63, 3.8) is 0 Å². The molecule has 0 bridgehead atoms. The second kappa shape index (κ2) is 7.48. The van der Waals surface area contributed by atoms with E-state index in [0.29, 0.717) is 0 Å². The maximum Gasteiger partial charge on any atom is 0.121 e. The molecule has 0 unspecified atom stereocenters. The van der Waals surface area contributed by atoms with Crippen molar-refractivity contribution in [3.05, 3.63) is 52.5 Å². The number of aryl methyl sites for hydroxylation is 1. The predicted octanol–water partition coefficient (Wildman–Crippen LogP) is 4.82. The van der Waals surface area contributed by atoms with Crippen LogP contribution in [0.2, 0.25) is 5.02 Å². The topological polar surface area (TPSA) is 21.3 Å². The van der Waals surface area contributed by atoms with E-state index in [-0.39, 0.29) is 0 Å². The number of benzene rings is 2. The smallest absolute Gasteiger partial charge is 0.121 e. The quantitative estimate of drug-likeness (QED) is 0.772. The molecule has 2 rings (SSSR count). The molecule has 3 heteroatoms. The Balaban J connectivity index is 2.27. The first-order valence-corrected chi connectivity index (χ1v) is 7.67. The second-order valence-corrected chi connectivity index (χ2v) is 5.57. The third kappa shape index (κ3) is 3.99. The Morgan fingerprint density at radius 2 is 1.81 bits per heavy atom. The molecule has 0 aliphatic heterocycles. The standard InChI is InChI=1S/C18H22ClNO/c1-4-9-20-12-16-11-15(5-7-17(16)19)14-6-8-18(21-3)13(2)10-14/h5-8,10-11,20H,4,9,12H2,1-3H3. The summed E-state index contributed by atoms with van der Waals surface area (Å²) in [6, 6.07) is 12.4. The predicted molar refractivity (Wildman–Crippen MR) is 90.2 cm³/mol. The third-order valence-electron chi connectivity index (χ3n) is 3.52. The molecule has 0 heterocycles. The zero-order valence-corrected chi connectivity index (χ0v) is 13.6. The number of nitrogens with one attached hydrogen (secondary N) is 1. The molecule has 0 atom stereocenters. The summed E-state index contributed by atoms with van der Waals surface area (Å²) in [6.07, 6.45) is 1.12. The zero-order chi connectivity index (χ0) is 15.2. The van der Waals surface area contributed by atoms with Crippen LogP contribution in [0, 0.1) is 6.92 Å². The van der Waals surface area contributed by atoms with E-state index in [4.69, 9.17) is 16.3 Å². The number of hydrogen-bond donors (Lipinski definition) is 1. The first kappa shape index (κ1) is 15.9. The molecule has 0 aliphatic carbocycles. The van der Waals surface area contributed by atoms with Crippen LogP contribution in [-0.2, 0) is 6.54 Å². The minimum absolute atomic E-state index is 0.801. The first-order chi connectivity index (χ1) is 10.2. The van der Waals surface area contributed by atoms with E-state index >= 15 is 0 Å². The summed E-state index contributed by atoms with van der Waals surface area (Å²) in [5.41, 5.74) is 4.63. The lowest BCUT2D eigenvalue weighted by Gasteiger charge is -2.11. The Hall–Kier alpha value is -1.51. The number of hydrogen-bond acceptors (Lipinski definition) is 2. The Morgan fingerprint density at radius 1 is 1.10 bits per heavy atom. The molecule has 1 N–H and O–H groups in total. The molecule has 0 radical (unpaired) electrons. The lowest BCUT2D eigenvalue weighted by atomic mass is 10.0. The lowest BCUT2D eigenvalue weighted by Crippen LogP contribution is -2.14. The van der Waals surface area contributed by atoms with Gasteiger partial charge >= 0.3 is 0 Å². The molecular weight excluding hydrogens is 282 g/mol. The van der Waals surface area contributed by atoms with E-state index in [1.807, 2.05) is 12.1 Å². The number of halogens is 1. The highest BCUT2D eigenvalue weighted by Crippen LogP contribution is 2.28. The van der Waals surface area contributed by atoms with Gasteiger partial charge in [-0.25, -0.2) is 0 Å². The van der Waals surface area contributed by atoms with Gasteiger partial charge in [0.1, 0.15) is 5.75 Å². The van der Waals surface area contributed by atoms with Gasteiger partial charge in [-0.15, -0.1) is 0 Å². The molecule has 2 aromatic rings. The van der Waals surface area contributed by atoms with Crippen molar-refractivity contribution in [2.24, 2.45) is 0 Å². The lowest BCUT2D eigenvalue weighted by molar-refractivity contribution is 0.412. The number of rotatable bonds is 6. The van der Waals surface area contributed by atoms with Crippen LogP contribution in [0.5, 0.6) is 5.75 Å². The van der Waals surface area contributed by atoms with Crippen LogP contribution < -0.4 is 10.1 Å². The molecule has 0 saturated carbocycles. The van der Waals surface area contributed by atoms with Gasteiger partial charge < -0.3 is 10.1 Å². The van der Waals surface area contributed by atoms with E-state index in [2.05, 4.69) is 43.4 Å². The Labute approximate surface area is 132 Å². The first-order valence-electron chi connectivity index (χ1n) is 7.30. The number of ether oxygens (including phenoxy) is 1. The second-order valence-electron chi connectivity index (χ2n) is 5.17. The normalized spacial score (nSPS) is 10.7. The number of methoxy groups -OCH3 is 1. The van der Waals surface area contributed by atoms with Crippen molar-refractivity contribution >= 4 is 11.6 Å². The Bertz CT molecular complexity index is 610. The van der Waals surface area contributed by atoms with E-state index < -0.39 is 0 Å². The van der Waals surface area contributed by atoms with Gasteiger partial charge in [-0.2, -0.15) is 0 Å². The summed E-state index contributed by atoms with van der Waals surface area (Å²) < 4.78 is 5.31. The van der Waals surface area contributed by atoms with Gasteiger partial charge in [0.2, 0.25) is 0 Å². The van der Waals surface area contributed by atoms with Crippen LogP contribution in [0.25, 0.3) is 11.1 Å². The van der Waals surface area contributed by atoms with Crippen LogP contribution in [0.15, 0.2) is 36.4 Å². The molecule has 0 aromatic heterocycles. The highest BCUT2D eigenvalue weighted by Gasteiger charge is 2.06. The fourth-order valence-electron chi connectivity index (χ4n) is 2.35. The van der Waals surface area contributed by atoms with Crippen molar-refractivity contribution in [1.82, 2.24) is 5.32 Å². The summed E-state index contributed by atoms with van der Waals surface area (Å²) in [5, 5.41) is 4.21. The third-order valence-corrected chi connectivity index (χ3v) is 3.88. The van der Waals surface area contributed by atoms with Crippen molar-refractivity contribution < 1.29 is 4.74 Å². The monoisotopic (exact) mass is 303 g/mol. The fourth-order valence-corrected chi connectivity index (χ4v) is 2.53. The summed E-state index contributed by atoms with van der Waals surface area (Å²) in [5.74, 6) is 0.914. The van der Waals surface area contributed by atoms with Gasteiger partial charge in [0.25, 0.3) is 0 Å². The Kier molecular flexibility index (Phi) is 5.66. The largest absolute Gasteiger partial charge is 0.496 e. The molecule has 0 aliphatic rings. The van der Waals surface area contributed by atoms with E-state index in [1.165, 1.54) is 11.1 Å². The minimum Gasteiger partial charge on any atom is -0.496 e. The summed E-state index contributed by atoms with van der Waals surface area (Å²) in [6.45, 7) is 6.02. The molecule has 0 amide bonds. The van der Waals surface area contributed by atoms with E-state index in [0.717, 1.165) is 41.4 Å². The van der Waals surface area contributed by atoms with Crippen molar-refractivity contribution in [3.8, 4) is 16.9 Å². The zero-order valence-electron chi connectivity index (χ0n) is 12.9. The molecule has 2 aromatic carbocycles. The van der Waals surface area contributed by atoms with Gasteiger partial charge in [0.15, 0.2) is 0 Å². The van der Waals surface area contributed by atoms with Crippen LogP contribution >= 0.6 is 11.6 Å². The highest BCUT2D eigenvalue weighted by molar-refractivity contribution is 6.31. The molecule has 21 heavy (non-hydrogen) atoms. The van der Waals surface area contributed by atoms with Crippen LogP contribution in [0.3, 0.4) is 0 Å².